The van der Waals surface area contributed by atoms with E-state index in [1.807, 2.05) is 23.1 Å². The van der Waals surface area contributed by atoms with Crippen molar-refractivity contribution in [1.29, 1.82) is 0 Å². The molecule has 0 unspecified atom stereocenters. The quantitative estimate of drug-likeness (QED) is 0.400. The summed E-state index contributed by atoms with van der Waals surface area (Å²) in [5, 5.41) is 9.30. The number of hydrogen-bond acceptors (Lipinski definition) is 7. The Balaban J connectivity index is 1.16. The summed E-state index contributed by atoms with van der Waals surface area (Å²) in [6, 6.07) is 11.4. The van der Waals surface area contributed by atoms with Crippen LogP contribution >= 0.6 is 11.6 Å². The largest absolute Gasteiger partial charge is 0.423 e. The first-order chi connectivity index (χ1) is 17.5. The molecule has 1 amide bonds. The Morgan fingerprint density at radius 3 is 2.69 bits per heavy atom. The fourth-order valence-electron chi connectivity index (χ4n) is 4.33. The van der Waals surface area contributed by atoms with Crippen LogP contribution in [0.1, 0.15) is 16.1 Å². The summed E-state index contributed by atoms with van der Waals surface area (Å²) < 4.78 is 8.90. The molecule has 12 heteroatoms. The van der Waals surface area contributed by atoms with Gasteiger partial charge in [0.05, 0.1) is 28.7 Å². The van der Waals surface area contributed by atoms with Gasteiger partial charge in [-0.15, -0.1) is 5.10 Å². The second-order valence-electron chi connectivity index (χ2n) is 8.44. The van der Waals surface area contributed by atoms with Crippen molar-refractivity contribution in [2.45, 2.75) is 6.92 Å². The molecule has 0 radical (unpaired) electrons. The van der Waals surface area contributed by atoms with Crippen molar-refractivity contribution in [3.05, 3.63) is 81.6 Å². The molecular weight excluding hydrogens is 484 g/mol. The van der Waals surface area contributed by atoms with Gasteiger partial charge in [0.25, 0.3) is 17.5 Å². The monoisotopic (exact) mass is 504 g/mol. The van der Waals surface area contributed by atoms with E-state index in [4.69, 9.17) is 16.0 Å². The van der Waals surface area contributed by atoms with Crippen molar-refractivity contribution in [1.82, 2.24) is 34.3 Å². The fraction of sp³-hybridized carbons (Fsp3) is 0.208. The van der Waals surface area contributed by atoms with Crippen LogP contribution in [0.15, 0.2) is 64.2 Å². The summed E-state index contributed by atoms with van der Waals surface area (Å²) in [5.41, 5.74) is 1.98. The molecule has 5 aromatic rings. The van der Waals surface area contributed by atoms with E-state index in [1.165, 1.54) is 15.4 Å². The number of piperazine rings is 1. The van der Waals surface area contributed by atoms with Crippen LogP contribution in [-0.4, -0.2) is 66.3 Å². The second kappa shape index (κ2) is 8.68. The number of halogens is 1. The van der Waals surface area contributed by atoms with Crippen LogP contribution in [0.2, 0.25) is 5.02 Å². The highest BCUT2D eigenvalue weighted by Crippen LogP contribution is 2.30. The Morgan fingerprint density at radius 2 is 1.89 bits per heavy atom. The van der Waals surface area contributed by atoms with Crippen LogP contribution in [0.4, 0.5) is 6.01 Å². The summed E-state index contributed by atoms with van der Waals surface area (Å²) in [6.45, 7) is 3.91. The Labute approximate surface area is 209 Å². The summed E-state index contributed by atoms with van der Waals surface area (Å²) in [4.78, 5) is 36.5. The fourth-order valence-corrected chi connectivity index (χ4v) is 4.56. The summed E-state index contributed by atoms with van der Waals surface area (Å²) in [6.07, 6.45) is 4.85. The lowest BCUT2D eigenvalue weighted by molar-refractivity contribution is 0.0744. The second-order valence-corrected chi connectivity index (χ2v) is 8.84. The van der Waals surface area contributed by atoms with Crippen LogP contribution in [0.5, 0.6) is 0 Å². The molecule has 5 heterocycles. The Kier molecular flexibility index (Phi) is 5.33. The molecule has 1 aromatic carbocycles. The molecule has 1 saturated heterocycles. The number of rotatable bonds is 4. The van der Waals surface area contributed by atoms with Gasteiger partial charge in [0.15, 0.2) is 5.76 Å². The SMILES string of the molecule is Cc1c(C(=O)N2CCN(c3ncc(-c4ccccc4Cl)o3)CC2)cnn1-c1nn2cccc2c(=O)[nH]1. The number of hydrogen-bond donors (Lipinski definition) is 1. The van der Waals surface area contributed by atoms with Gasteiger partial charge < -0.3 is 14.2 Å². The van der Waals surface area contributed by atoms with Gasteiger partial charge in [-0.25, -0.2) is 14.2 Å². The van der Waals surface area contributed by atoms with E-state index < -0.39 is 0 Å². The lowest BCUT2D eigenvalue weighted by Crippen LogP contribution is -2.49. The summed E-state index contributed by atoms with van der Waals surface area (Å²) >= 11 is 6.27. The molecule has 1 aliphatic heterocycles. The van der Waals surface area contributed by atoms with E-state index in [2.05, 4.69) is 20.2 Å². The number of carbonyl (C=O) groups excluding carboxylic acids is 1. The molecule has 0 aliphatic carbocycles. The molecule has 0 bridgehead atoms. The number of carbonyl (C=O) groups is 1. The molecule has 11 nitrogen and oxygen atoms in total. The molecule has 1 fully saturated rings. The number of H-pyrrole nitrogens is 1. The van der Waals surface area contributed by atoms with Gasteiger partial charge in [0.2, 0.25) is 5.95 Å². The topological polar surface area (TPSA) is 118 Å². The predicted molar refractivity (Wildman–Crippen MR) is 133 cm³/mol. The highest BCUT2D eigenvalue weighted by molar-refractivity contribution is 6.33. The first kappa shape index (κ1) is 22.1. The third kappa shape index (κ3) is 3.73. The van der Waals surface area contributed by atoms with Gasteiger partial charge in [0.1, 0.15) is 5.52 Å². The predicted octanol–water partition coefficient (Wildman–Crippen LogP) is 2.79. The van der Waals surface area contributed by atoms with Crippen LogP contribution in [0, 0.1) is 6.92 Å². The van der Waals surface area contributed by atoms with Crippen LogP contribution in [-0.2, 0) is 0 Å². The van der Waals surface area contributed by atoms with E-state index in [-0.39, 0.29) is 17.4 Å². The van der Waals surface area contributed by atoms with Crippen molar-refractivity contribution >= 4 is 29.0 Å². The minimum absolute atomic E-state index is 0.132. The van der Waals surface area contributed by atoms with Crippen molar-refractivity contribution in [2.75, 3.05) is 31.1 Å². The summed E-state index contributed by atoms with van der Waals surface area (Å²) in [7, 11) is 0. The van der Waals surface area contributed by atoms with E-state index in [1.54, 1.807) is 42.4 Å². The molecule has 36 heavy (non-hydrogen) atoms. The number of anilines is 1. The zero-order chi connectivity index (χ0) is 24.8. The van der Waals surface area contributed by atoms with E-state index in [0.717, 1.165) is 5.56 Å². The molecule has 1 N–H and O–H groups in total. The molecule has 4 aromatic heterocycles. The highest BCUT2D eigenvalue weighted by atomic mass is 35.5. The van der Waals surface area contributed by atoms with E-state index >= 15 is 0 Å². The Hall–Kier alpha value is -4.38. The van der Waals surface area contributed by atoms with E-state index in [0.29, 0.717) is 59.8 Å². The van der Waals surface area contributed by atoms with Crippen molar-refractivity contribution in [2.24, 2.45) is 0 Å². The van der Waals surface area contributed by atoms with Crippen LogP contribution < -0.4 is 10.5 Å². The molecular formula is C24H21ClN8O3. The zero-order valence-electron chi connectivity index (χ0n) is 19.3. The van der Waals surface area contributed by atoms with Gasteiger partial charge in [-0.05, 0) is 31.2 Å². The van der Waals surface area contributed by atoms with Crippen LogP contribution in [0.3, 0.4) is 0 Å². The molecule has 1 aliphatic rings. The minimum atomic E-state index is -0.284. The smallest absolute Gasteiger partial charge is 0.297 e. The van der Waals surface area contributed by atoms with Gasteiger partial charge in [0, 0.05) is 37.9 Å². The average Bonchev–Trinajstić information content (AvgIpc) is 3.64. The van der Waals surface area contributed by atoms with Crippen molar-refractivity contribution in [3.8, 4) is 17.3 Å². The number of aromatic amines is 1. The number of fused-ring (bicyclic) bond motifs is 1. The number of amides is 1. The van der Waals surface area contributed by atoms with Crippen LogP contribution in [0.25, 0.3) is 22.8 Å². The number of nitrogens with one attached hydrogen (secondary N) is 1. The first-order valence-corrected chi connectivity index (χ1v) is 11.7. The lowest BCUT2D eigenvalue weighted by atomic mass is 10.2. The van der Waals surface area contributed by atoms with Gasteiger partial charge in [-0.1, -0.05) is 23.7 Å². The van der Waals surface area contributed by atoms with Crippen molar-refractivity contribution < 1.29 is 9.21 Å². The highest BCUT2D eigenvalue weighted by Gasteiger charge is 2.27. The third-order valence-electron chi connectivity index (χ3n) is 6.30. The summed E-state index contributed by atoms with van der Waals surface area (Å²) in [5.74, 6) is 0.706. The molecule has 182 valence electrons. The van der Waals surface area contributed by atoms with Crippen molar-refractivity contribution in [3.63, 3.8) is 0 Å². The maximum atomic E-state index is 13.3. The molecule has 0 saturated carbocycles. The number of nitrogens with zero attached hydrogens (tertiary/aromatic N) is 7. The minimum Gasteiger partial charge on any atom is -0.423 e. The molecule has 0 spiro atoms. The maximum Gasteiger partial charge on any atom is 0.297 e. The lowest BCUT2D eigenvalue weighted by Gasteiger charge is -2.33. The normalized spacial score (nSPS) is 14.1. The van der Waals surface area contributed by atoms with Gasteiger partial charge in [-0.3, -0.25) is 14.6 Å². The Morgan fingerprint density at radius 1 is 1.08 bits per heavy atom. The standard InChI is InChI=1S/C24H21ClN8O3/c1-15-17(13-27-33(15)23-28-21(34)19-7-4-8-32(19)29-23)22(35)30-9-11-31(12-10-30)24-26-14-20(36-24)16-5-2-3-6-18(16)25/h2-8,13-14H,9-12H2,1H3,(H,28,29,34). The Bertz CT molecular complexity index is 1640. The van der Waals surface area contributed by atoms with Gasteiger partial charge >= 0.3 is 0 Å². The number of oxazole rings is 1. The average molecular weight is 505 g/mol. The third-order valence-corrected chi connectivity index (χ3v) is 6.63. The first-order valence-electron chi connectivity index (χ1n) is 11.4. The maximum absolute atomic E-state index is 13.3. The zero-order valence-corrected chi connectivity index (χ0v) is 20.0. The number of benzene rings is 1. The number of aromatic nitrogens is 6. The molecule has 0 atom stereocenters. The molecule has 6 rings (SSSR count). The van der Waals surface area contributed by atoms with Gasteiger partial charge in [-0.2, -0.15) is 5.10 Å². The van der Waals surface area contributed by atoms with E-state index in [9.17, 15) is 9.59 Å².